The first kappa shape index (κ1) is 14.7. The fraction of sp³-hybridized carbons (Fsp3) is 0.188. The van der Waals surface area contributed by atoms with Crippen LogP contribution in [0.15, 0.2) is 42.5 Å². The molecule has 0 saturated heterocycles. The summed E-state index contributed by atoms with van der Waals surface area (Å²) in [5.74, 6) is 1.26. The van der Waals surface area contributed by atoms with Crippen molar-refractivity contribution in [3.8, 4) is 11.5 Å². The SMILES string of the molecule is COc1ccc(CC(=O)Nc2cc(OC)ccc2N)cc1. The zero-order valence-electron chi connectivity index (χ0n) is 12.1. The first-order valence-electron chi connectivity index (χ1n) is 6.48. The summed E-state index contributed by atoms with van der Waals surface area (Å²) in [5.41, 5.74) is 7.78. The summed E-state index contributed by atoms with van der Waals surface area (Å²) in [6, 6.07) is 12.5. The van der Waals surface area contributed by atoms with Crippen LogP contribution in [0, 0.1) is 0 Å². The lowest BCUT2D eigenvalue weighted by Crippen LogP contribution is -2.15. The molecule has 5 nitrogen and oxygen atoms in total. The maximum Gasteiger partial charge on any atom is 0.228 e. The highest BCUT2D eigenvalue weighted by atomic mass is 16.5. The zero-order chi connectivity index (χ0) is 15.2. The van der Waals surface area contributed by atoms with E-state index in [2.05, 4.69) is 5.32 Å². The van der Waals surface area contributed by atoms with Crippen molar-refractivity contribution in [2.75, 3.05) is 25.3 Å². The Labute approximate surface area is 123 Å². The van der Waals surface area contributed by atoms with Crippen molar-refractivity contribution in [1.29, 1.82) is 0 Å². The third-order valence-corrected chi connectivity index (χ3v) is 3.06. The van der Waals surface area contributed by atoms with Gasteiger partial charge < -0.3 is 20.5 Å². The van der Waals surface area contributed by atoms with Crippen LogP contribution in [-0.2, 0) is 11.2 Å². The Morgan fingerprint density at radius 2 is 1.67 bits per heavy atom. The number of carbonyl (C=O) groups is 1. The van der Waals surface area contributed by atoms with Crippen molar-refractivity contribution in [3.63, 3.8) is 0 Å². The number of anilines is 2. The smallest absolute Gasteiger partial charge is 0.228 e. The van der Waals surface area contributed by atoms with Crippen LogP contribution in [0.25, 0.3) is 0 Å². The molecule has 0 atom stereocenters. The lowest BCUT2D eigenvalue weighted by Gasteiger charge is -2.10. The summed E-state index contributed by atoms with van der Waals surface area (Å²) in [5, 5.41) is 2.79. The van der Waals surface area contributed by atoms with E-state index in [-0.39, 0.29) is 12.3 Å². The van der Waals surface area contributed by atoms with Gasteiger partial charge in [-0.3, -0.25) is 4.79 Å². The van der Waals surface area contributed by atoms with E-state index in [0.29, 0.717) is 17.1 Å². The third kappa shape index (κ3) is 3.89. The number of hydrogen-bond acceptors (Lipinski definition) is 4. The van der Waals surface area contributed by atoms with Gasteiger partial charge in [0.2, 0.25) is 5.91 Å². The highest BCUT2D eigenvalue weighted by molar-refractivity contribution is 5.95. The zero-order valence-corrected chi connectivity index (χ0v) is 12.1. The molecule has 5 heteroatoms. The molecule has 21 heavy (non-hydrogen) atoms. The predicted molar refractivity (Wildman–Crippen MR) is 82.7 cm³/mol. The second-order valence-corrected chi connectivity index (χ2v) is 4.53. The van der Waals surface area contributed by atoms with Gasteiger partial charge in [-0.2, -0.15) is 0 Å². The average Bonchev–Trinajstić information content (AvgIpc) is 2.50. The van der Waals surface area contributed by atoms with Gasteiger partial charge in [-0.15, -0.1) is 0 Å². The second-order valence-electron chi connectivity index (χ2n) is 4.53. The molecule has 0 aliphatic heterocycles. The maximum atomic E-state index is 12.0. The quantitative estimate of drug-likeness (QED) is 0.828. The minimum atomic E-state index is -0.139. The summed E-state index contributed by atoms with van der Waals surface area (Å²) in [6.07, 6.45) is 0.265. The van der Waals surface area contributed by atoms with Crippen molar-refractivity contribution >= 4 is 17.3 Å². The van der Waals surface area contributed by atoms with Crippen molar-refractivity contribution in [1.82, 2.24) is 0 Å². The van der Waals surface area contributed by atoms with E-state index in [9.17, 15) is 4.79 Å². The Morgan fingerprint density at radius 3 is 2.29 bits per heavy atom. The summed E-state index contributed by atoms with van der Waals surface area (Å²) in [4.78, 5) is 12.0. The highest BCUT2D eigenvalue weighted by Crippen LogP contribution is 2.24. The number of rotatable bonds is 5. The second kappa shape index (κ2) is 6.65. The molecule has 3 N–H and O–H groups in total. The van der Waals surface area contributed by atoms with Crippen molar-refractivity contribution in [2.45, 2.75) is 6.42 Å². The number of benzene rings is 2. The van der Waals surface area contributed by atoms with Gasteiger partial charge in [0.1, 0.15) is 11.5 Å². The van der Waals surface area contributed by atoms with Crippen LogP contribution >= 0.6 is 0 Å². The fourth-order valence-electron chi connectivity index (χ4n) is 1.89. The molecule has 2 aromatic rings. The van der Waals surface area contributed by atoms with Crippen molar-refractivity contribution in [3.05, 3.63) is 48.0 Å². The molecule has 0 aliphatic carbocycles. The molecule has 0 saturated carbocycles. The van der Waals surface area contributed by atoms with E-state index in [1.165, 1.54) is 0 Å². The maximum absolute atomic E-state index is 12.0. The minimum Gasteiger partial charge on any atom is -0.497 e. The molecule has 0 aliphatic rings. The van der Waals surface area contributed by atoms with Gasteiger partial charge in [0.15, 0.2) is 0 Å². The number of hydrogen-bond donors (Lipinski definition) is 2. The first-order valence-corrected chi connectivity index (χ1v) is 6.48. The normalized spacial score (nSPS) is 10.0. The van der Waals surface area contributed by atoms with Crippen molar-refractivity contribution in [2.24, 2.45) is 0 Å². The van der Waals surface area contributed by atoms with E-state index in [1.807, 2.05) is 24.3 Å². The van der Waals surface area contributed by atoms with Crippen LogP contribution in [-0.4, -0.2) is 20.1 Å². The van der Waals surface area contributed by atoms with Crippen LogP contribution < -0.4 is 20.5 Å². The Hall–Kier alpha value is -2.69. The van der Waals surface area contributed by atoms with Crippen LogP contribution in [0.2, 0.25) is 0 Å². The van der Waals surface area contributed by atoms with Gasteiger partial charge in [0, 0.05) is 6.07 Å². The third-order valence-electron chi connectivity index (χ3n) is 3.06. The largest absolute Gasteiger partial charge is 0.497 e. The van der Waals surface area contributed by atoms with E-state index in [4.69, 9.17) is 15.2 Å². The molecule has 110 valence electrons. The standard InChI is InChI=1S/C16H18N2O3/c1-20-12-5-3-11(4-6-12)9-16(19)18-15-10-13(21-2)7-8-14(15)17/h3-8,10H,9,17H2,1-2H3,(H,18,19). The number of methoxy groups -OCH3 is 2. The Kier molecular flexibility index (Phi) is 4.66. The predicted octanol–water partition coefficient (Wildman–Crippen LogP) is 2.47. The van der Waals surface area contributed by atoms with Gasteiger partial charge >= 0.3 is 0 Å². The summed E-state index contributed by atoms with van der Waals surface area (Å²) in [7, 11) is 3.17. The Morgan fingerprint density at radius 1 is 1.05 bits per heavy atom. The Balaban J connectivity index is 2.04. The van der Waals surface area contributed by atoms with Gasteiger partial charge in [-0.25, -0.2) is 0 Å². The molecular formula is C16H18N2O3. The van der Waals surface area contributed by atoms with Crippen LogP contribution in [0.4, 0.5) is 11.4 Å². The number of carbonyl (C=O) groups excluding carboxylic acids is 1. The van der Waals surface area contributed by atoms with Crippen molar-refractivity contribution < 1.29 is 14.3 Å². The van der Waals surface area contributed by atoms with Gasteiger partial charge in [-0.1, -0.05) is 12.1 Å². The van der Waals surface area contributed by atoms with E-state index in [0.717, 1.165) is 11.3 Å². The van der Waals surface area contributed by atoms with Crippen LogP contribution in [0.1, 0.15) is 5.56 Å². The minimum absolute atomic E-state index is 0.139. The summed E-state index contributed by atoms with van der Waals surface area (Å²) in [6.45, 7) is 0. The molecule has 0 unspecified atom stereocenters. The molecule has 0 heterocycles. The molecule has 2 rings (SSSR count). The van der Waals surface area contributed by atoms with Crippen LogP contribution in [0.3, 0.4) is 0 Å². The fourth-order valence-corrected chi connectivity index (χ4v) is 1.89. The monoisotopic (exact) mass is 286 g/mol. The average molecular weight is 286 g/mol. The lowest BCUT2D eigenvalue weighted by molar-refractivity contribution is -0.115. The first-order chi connectivity index (χ1) is 10.1. The molecule has 0 radical (unpaired) electrons. The highest BCUT2D eigenvalue weighted by Gasteiger charge is 2.08. The topological polar surface area (TPSA) is 73.6 Å². The number of amides is 1. The molecular weight excluding hydrogens is 268 g/mol. The van der Waals surface area contributed by atoms with E-state index in [1.54, 1.807) is 32.4 Å². The summed E-state index contributed by atoms with van der Waals surface area (Å²) < 4.78 is 10.2. The molecule has 2 aromatic carbocycles. The molecule has 0 spiro atoms. The molecule has 1 amide bonds. The lowest BCUT2D eigenvalue weighted by atomic mass is 10.1. The van der Waals surface area contributed by atoms with Gasteiger partial charge in [0.25, 0.3) is 0 Å². The molecule has 0 fully saturated rings. The molecule has 0 bridgehead atoms. The number of ether oxygens (including phenoxy) is 2. The summed E-state index contributed by atoms with van der Waals surface area (Å²) >= 11 is 0. The molecule has 0 aromatic heterocycles. The van der Waals surface area contributed by atoms with E-state index >= 15 is 0 Å². The number of nitrogens with one attached hydrogen (secondary N) is 1. The number of nitrogen functional groups attached to an aromatic ring is 1. The van der Waals surface area contributed by atoms with E-state index < -0.39 is 0 Å². The number of nitrogens with two attached hydrogens (primary N) is 1. The van der Waals surface area contributed by atoms with Crippen LogP contribution in [0.5, 0.6) is 11.5 Å². The van der Waals surface area contributed by atoms with Gasteiger partial charge in [0.05, 0.1) is 32.0 Å². The Bertz CT molecular complexity index is 624. The van der Waals surface area contributed by atoms with Gasteiger partial charge in [-0.05, 0) is 29.8 Å².